The number of carboxylic acids is 1. The van der Waals surface area contributed by atoms with Crippen LogP contribution in [0.15, 0.2) is 0 Å². The zero-order valence-electron chi connectivity index (χ0n) is 12.8. The summed E-state index contributed by atoms with van der Waals surface area (Å²) in [4.78, 5) is 21.3. The lowest BCUT2D eigenvalue weighted by Gasteiger charge is -2.19. The van der Waals surface area contributed by atoms with E-state index in [2.05, 4.69) is 0 Å². The molecule has 0 bridgehead atoms. The molecule has 0 aromatic rings. The van der Waals surface area contributed by atoms with Crippen LogP contribution in [0.5, 0.6) is 0 Å². The first-order chi connectivity index (χ1) is 8.05. The molecular formula is C14H28O4. The number of carbonyl (C=O) groups excluding carboxylic acids is 1. The average molecular weight is 260 g/mol. The maximum atomic E-state index is 11.1. The quantitative estimate of drug-likeness (QED) is 0.768. The summed E-state index contributed by atoms with van der Waals surface area (Å²) >= 11 is 0. The smallest absolute Gasteiger partial charge is 0.311 e. The zero-order chi connectivity index (χ0) is 15.0. The van der Waals surface area contributed by atoms with Crippen LogP contribution in [0.2, 0.25) is 0 Å². The van der Waals surface area contributed by atoms with Crippen molar-refractivity contribution in [3.8, 4) is 0 Å². The minimum absolute atomic E-state index is 0.0995. The summed E-state index contributed by atoms with van der Waals surface area (Å²) in [6, 6.07) is 0. The Bertz CT molecular complexity index is 267. The summed E-state index contributed by atoms with van der Waals surface area (Å²) in [6.45, 7) is 13.4. The molecule has 0 saturated heterocycles. The lowest BCUT2D eigenvalue weighted by molar-refractivity contribution is -0.153. The Morgan fingerprint density at radius 2 is 1.33 bits per heavy atom. The molecule has 0 radical (unpaired) electrons. The van der Waals surface area contributed by atoms with E-state index in [-0.39, 0.29) is 11.4 Å². The molecule has 0 aromatic carbocycles. The summed E-state index contributed by atoms with van der Waals surface area (Å²) in [7, 11) is 0. The fourth-order valence-electron chi connectivity index (χ4n) is 0.622. The van der Waals surface area contributed by atoms with Gasteiger partial charge in [-0.1, -0.05) is 13.8 Å². The van der Waals surface area contributed by atoms with E-state index >= 15 is 0 Å². The zero-order valence-corrected chi connectivity index (χ0v) is 12.8. The van der Waals surface area contributed by atoms with Gasteiger partial charge < -0.3 is 9.84 Å². The molecule has 0 spiro atoms. The molecule has 0 heterocycles. The van der Waals surface area contributed by atoms with Crippen LogP contribution < -0.4 is 0 Å². The summed E-state index contributed by atoms with van der Waals surface area (Å²) < 4.78 is 4.86. The van der Waals surface area contributed by atoms with Crippen LogP contribution in [-0.2, 0) is 14.3 Å². The maximum Gasteiger partial charge on any atom is 0.311 e. The van der Waals surface area contributed by atoms with E-state index in [0.29, 0.717) is 13.0 Å². The second-order valence-corrected chi connectivity index (χ2v) is 5.50. The standard InChI is InChI=1S/C8H16O2.C6H12O2/c1-5-8(3,4)7(9)10-6-2;1-4-6(2,3)5(7)8/h5-6H2,1-4H3;4H2,1-3H3,(H,7,8). The molecular weight excluding hydrogens is 232 g/mol. The van der Waals surface area contributed by atoms with Gasteiger partial charge in [0.15, 0.2) is 0 Å². The first-order valence-electron chi connectivity index (χ1n) is 6.45. The topological polar surface area (TPSA) is 63.6 Å². The summed E-state index contributed by atoms with van der Waals surface area (Å²) in [5.74, 6) is -0.822. The molecule has 0 aromatic heterocycles. The van der Waals surface area contributed by atoms with Gasteiger partial charge in [0.05, 0.1) is 17.4 Å². The van der Waals surface area contributed by atoms with Crippen LogP contribution in [0.25, 0.3) is 0 Å². The Balaban J connectivity index is 0. The van der Waals surface area contributed by atoms with Crippen molar-refractivity contribution in [2.75, 3.05) is 6.61 Å². The van der Waals surface area contributed by atoms with E-state index in [1.807, 2.05) is 34.6 Å². The number of carbonyl (C=O) groups is 2. The van der Waals surface area contributed by atoms with E-state index in [4.69, 9.17) is 9.84 Å². The van der Waals surface area contributed by atoms with Gasteiger partial charge in [0.25, 0.3) is 0 Å². The van der Waals surface area contributed by atoms with Crippen LogP contribution in [-0.4, -0.2) is 23.7 Å². The Hall–Kier alpha value is -1.06. The van der Waals surface area contributed by atoms with Crippen LogP contribution in [0.3, 0.4) is 0 Å². The molecule has 0 rings (SSSR count). The highest BCUT2D eigenvalue weighted by molar-refractivity contribution is 5.75. The fourth-order valence-corrected chi connectivity index (χ4v) is 0.622. The lowest BCUT2D eigenvalue weighted by atomic mass is 9.91. The van der Waals surface area contributed by atoms with E-state index in [0.717, 1.165) is 6.42 Å². The minimum atomic E-state index is -0.722. The highest BCUT2D eigenvalue weighted by atomic mass is 16.5. The second kappa shape index (κ2) is 8.11. The van der Waals surface area contributed by atoms with E-state index in [1.54, 1.807) is 13.8 Å². The van der Waals surface area contributed by atoms with Crippen molar-refractivity contribution in [1.29, 1.82) is 0 Å². The van der Waals surface area contributed by atoms with Gasteiger partial charge in [-0.2, -0.15) is 0 Å². The number of hydrogen-bond donors (Lipinski definition) is 1. The highest BCUT2D eigenvalue weighted by Gasteiger charge is 2.26. The van der Waals surface area contributed by atoms with Crippen molar-refractivity contribution in [3.05, 3.63) is 0 Å². The summed E-state index contributed by atoms with van der Waals surface area (Å²) in [6.07, 6.45) is 1.51. The third kappa shape index (κ3) is 7.30. The fraction of sp³-hybridized carbons (Fsp3) is 0.857. The SMILES string of the molecule is CCC(C)(C)C(=O)O.CCOC(=O)C(C)(C)CC. The number of rotatable bonds is 5. The van der Waals surface area contributed by atoms with Gasteiger partial charge in [0, 0.05) is 0 Å². The van der Waals surface area contributed by atoms with Gasteiger partial charge in [0.1, 0.15) is 0 Å². The van der Waals surface area contributed by atoms with E-state index in [1.165, 1.54) is 0 Å². The molecule has 1 N–H and O–H groups in total. The molecule has 0 aliphatic heterocycles. The molecule has 0 fully saturated rings. The van der Waals surface area contributed by atoms with E-state index < -0.39 is 11.4 Å². The molecule has 108 valence electrons. The molecule has 0 atom stereocenters. The van der Waals surface area contributed by atoms with E-state index in [9.17, 15) is 9.59 Å². The number of hydrogen-bond acceptors (Lipinski definition) is 3. The Morgan fingerprint density at radius 3 is 1.50 bits per heavy atom. The van der Waals surface area contributed by atoms with Crippen LogP contribution in [0, 0.1) is 10.8 Å². The Kier molecular flexibility index (Phi) is 8.69. The second-order valence-electron chi connectivity index (χ2n) is 5.50. The van der Waals surface area contributed by atoms with Crippen molar-refractivity contribution >= 4 is 11.9 Å². The van der Waals surface area contributed by atoms with Gasteiger partial charge in [-0.15, -0.1) is 0 Å². The van der Waals surface area contributed by atoms with Gasteiger partial charge in [0.2, 0.25) is 0 Å². The minimum Gasteiger partial charge on any atom is -0.481 e. The van der Waals surface area contributed by atoms with Gasteiger partial charge in [-0.05, 0) is 47.5 Å². The predicted molar refractivity (Wildman–Crippen MR) is 72.4 cm³/mol. The number of ether oxygens (including phenoxy) is 1. The van der Waals surface area contributed by atoms with Crippen molar-refractivity contribution in [3.63, 3.8) is 0 Å². The number of esters is 1. The summed E-state index contributed by atoms with van der Waals surface area (Å²) in [5, 5.41) is 8.44. The monoisotopic (exact) mass is 260 g/mol. The number of carboxylic acid groups (broad SMARTS) is 1. The first kappa shape index (κ1) is 19.3. The third-order valence-corrected chi connectivity index (χ3v) is 3.17. The molecule has 18 heavy (non-hydrogen) atoms. The third-order valence-electron chi connectivity index (χ3n) is 3.17. The molecule has 0 unspecified atom stereocenters. The Morgan fingerprint density at radius 1 is 0.944 bits per heavy atom. The number of aliphatic carboxylic acids is 1. The van der Waals surface area contributed by atoms with Crippen LogP contribution in [0.1, 0.15) is 61.3 Å². The van der Waals surface area contributed by atoms with Gasteiger partial charge in [-0.3, -0.25) is 9.59 Å². The van der Waals surface area contributed by atoms with Crippen molar-refractivity contribution in [2.45, 2.75) is 61.3 Å². The average Bonchev–Trinajstić information content (AvgIpc) is 2.30. The predicted octanol–water partition coefficient (Wildman–Crippen LogP) is 3.49. The van der Waals surface area contributed by atoms with Crippen molar-refractivity contribution in [2.24, 2.45) is 10.8 Å². The maximum absolute atomic E-state index is 11.1. The van der Waals surface area contributed by atoms with Crippen LogP contribution in [0.4, 0.5) is 0 Å². The Labute approximate surface area is 111 Å². The normalized spacial score (nSPS) is 11.3. The van der Waals surface area contributed by atoms with Crippen molar-refractivity contribution < 1.29 is 19.4 Å². The van der Waals surface area contributed by atoms with Crippen LogP contribution >= 0.6 is 0 Å². The molecule has 0 saturated carbocycles. The highest BCUT2D eigenvalue weighted by Crippen LogP contribution is 2.21. The lowest BCUT2D eigenvalue weighted by Crippen LogP contribution is -2.25. The molecule has 0 amide bonds. The van der Waals surface area contributed by atoms with Crippen molar-refractivity contribution in [1.82, 2.24) is 0 Å². The molecule has 4 nitrogen and oxygen atoms in total. The summed E-state index contributed by atoms with van der Waals surface area (Å²) in [5.41, 5.74) is -0.851. The first-order valence-corrected chi connectivity index (χ1v) is 6.45. The molecule has 4 heteroatoms. The van der Waals surface area contributed by atoms with Gasteiger partial charge >= 0.3 is 11.9 Å². The largest absolute Gasteiger partial charge is 0.481 e. The molecule has 0 aliphatic carbocycles. The molecule has 0 aliphatic rings. The van der Waals surface area contributed by atoms with Gasteiger partial charge in [-0.25, -0.2) is 0 Å².